The number of aliphatic hydroxyl groups is 2. The summed E-state index contributed by atoms with van der Waals surface area (Å²) >= 11 is 9.50. The topological polar surface area (TPSA) is 102 Å². The Morgan fingerprint density at radius 1 is 1.38 bits per heavy atom. The SMILES string of the molecule is OCCONC(O)c1cc2[nH]cnc2c(F)c1Nc1ccc(Br)cc1Cl. The van der Waals surface area contributed by atoms with E-state index in [1.807, 2.05) is 0 Å². The van der Waals surface area contributed by atoms with Crippen LogP contribution in [0.25, 0.3) is 11.0 Å². The van der Waals surface area contributed by atoms with Gasteiger partial charge in [-0.2, -0.15) is 5.48 Å². The molecule has 1 atom stereocenters. The Morgan fingerprint density at radius 2 is 2.19 bits per heavy atom. The van der Waals surface area contributed by atoms with E-state index in [0.717, 1.165) is 4.47 Å². The third-order valence-corrected chi connectivity index (χ3v) is 4.36. The first-order valence-electron chi connectivity index (χ1n) is 7.55. The van der Waals surface area contributed by atoms with Crippen LogP contribution in [0.1, 0.15) is 11.8 Å². The van der Waals surface area contributed by atoms with Crippen LogP contribution in [0.15, 0.2) is 35.1 Å². The van der Waals surface area contributed by atoms with E-state index in [4.69, 9.17) is 21.5 Å². The molecule has 5 N–H and O–H groups in total. The lowest BCUT2D eigenvalue weighted by molar-refractivity contribution is -0.0674. The highest BCUT2D eigenvalue weighted by Crippen LogP contribution is 2.35. The zero-order chi connectivity index (χ0) is 18.7. The summed E-state index contributed by atoms with van der Waals surface area (Å²) in [5, 5.41) is 22.4. The second-order valence-corrected chi connectivity index (χ2v) is 6.62. The molecule has 1 unspecified atom stereocenters. The molecule has 26 heavy (non-hydrogen) atoms. The normalized spacial score (nSPS) is 12.5. The van der Waals surface area contributed by atoms with Gasteiger partial charge in [0.05, 0.1) is 41.5 Å². The fourth-order valence-electron chi connectivity index (χ4n) is 2.38. The smallest absolute Gasteiger partial charge is 0.174 e. The number of halogens is 3. The van der Waals surface area contributed by atoms with Crippen LogP contribution in [-0.4, -0.2) is 33.4 Å². The minimum Gasteiger partial charge on any atom is -0.394 e. The summed E-state index contributed by atoms with van der Waals surface area (Å²) in [6.07, 6.45) is -0.00354. The number of H-pyrrole nitrogens is 1. The Balaban J connectivity index is 2.03. The number of aromatic amines is 1. The first-order chi connectivity index (χ1) is 12.5. The second-order valence-electron chi connectivity index (χ2n) is 5.30. The molecule has 0 spiro atoms. The summed E-state index contributed by atoms with van der Waals surface area (Å²) in [6.45, 7) is -0.263. The van der Waals surface area contributed by atoms with Crippen LogP contribution in [0, 0.1) is 5.82 Å². The largest absolute Gasteiger partial charge is 0.394 e. The van der Waals surface area contributed by atoms with Gasteiger partial charge in [-0.15, -0.1) is 0 Å². The summed E-state index contributed by atoms with van der Waals surface area (Å²) in [5.74, 6) is -0.652. The van der Waals surface area contributed by atoms with Crippen LogP contribution in [0.5, 0.6) is 0 Å². The zero-order valence-electron chi connectivity index (χ0n) is 13.3. The number of hydroxylamine groups is 1. The molecule has 1 aromatic heterocycles. The fraction of sp³-hybridized carbons (Fsp3) is 0.188. The Labute approximate surface area is 161 Å². The first kappa shape index (κ1) is 19.0. The molecule has 0 bridgehead atoms. The molecule has 0 saturated carbocycles. The molecule has 7 nitrogen and oxygen atoms in total. The number of imidazole rings is 1. The van der Waals surface area contributed by atoms with Crippen molar-refractivity contribution < 1.29 is 19.4 Å². The lowest BCUT2D eigenvalue weighted by Gasteiger charge is -2.19. The van der Waals surface area contributed by atoms with Gasteiger partial charge in [-0.25, -0.2) is 9.37 Å². The van der Waals surface area contributed by atoms with Gasteiger partial charge in [-0.3, -0.25) is 4.84 Å². The number of nitrogens with one attached hydrogen (secondary N) is 3. The highest BCUT2D eigenvalue weighted by Gasteiger charge is 2.21. The molecule has 0 fully saturated rings. The van der Waals surface area contributed by atoms with Gasteiger partial charge in [0.25, 0.3) is 0 Å². The minimum absolute atomic E-state index is 0.00132. The molecule has 3 aromatic rings. The number of rotatable bonds is 7. The van der Waals surface area contributed by atoms with E-state index in [-0.39, 0.29) is 30.0 Å². The quantitative estimate of drug-likeness (QED) is 0.217. The third kappa shape index (κ3) is 3.98. The van der Waals surface area contributed by atoms with E-state index in [1.54, 1.807) is 24.3 Å². The number of aliphatic hydroxyl groups excluding tert-OH is 2. The maximum absolute atomic E-state index is 15.0. The van der Waals surface area contributed by atoms with Crippen molar-refractivity contribution in [3.05, 3.63) is 51.5 Å². The van der Waals surface area contributed by atoms with Crippen LogP contribution in [0.3, 0.4) is 0 Å². The molecule has 0 aliphatic carbocycles. The summed E-state index contributed by atoms with van der Waals surface area (Å²) in [7, 11) is 0. The zero-order valence-corrected chi connectivity index (χ0v) is 15.6. The van der Waals surface area contributed by atoms with Crippen molar-refractivity contribution in [2.45, 2.75) is 6.23 Å². The van der Waals surface area contributed by atoms with Crippen molar-refractivity contribution in [2.75, 3.05) is 18.5 Å². The maximum Gasteiger partial charge on any atom is 0.174 e. The van der Waals surface area contributed by atoms with Crippen molar-refractivity contribution in [3.63, 3.8) is 0 Å². The Kier molecular flexibility index (Phi) is 6.07. The monoisotopic (exact) mass is 444 g/mol. The molecular formula is C16H15BrClFN4O3. The first-order valence-corrected chi connectivity index (χ1v) is 8.72. The number of fused-ring (bicyclic) bond motifs is 1. The molecule has 2 aromatic carbocycles. The summed E-state index contributed by atoms with van der Waals surface area (Å²) in [5.41, 5.74) is 3.51. The van der Waals surface area contributed by atoms with Gasteiger partial charge in [-0.1, -0.05) is 27.5 Å². The van der Waals surface area contributed by atoms with Crippen LogP contribution in [-0.2, 0) is 4.84 Å². The Morgan fingerprint density at radius 3 is 2.92 bits per heavy atom. The number of hydrogen-bond acceptors (Lipinski definition) is 6. The number of nitrogens with zero attached hydrogens (tertiary/aromatic N) is 1. The van der Waals surface area contributed by atoms with Gasteiger partial charge in [0.15, 0.2) is 12.0 Å². The molecule has 0 aliphatic heterocycles. The molecular weight excluding hydrogens is 431 g/mol. The minimum atomic E-state index is -1.36. The summed E-state index contributed by atoms with van der Waals surface area (Å²) in [4.78, 5) is 11.7. The Bertz CT molecular complexity index is 924. The number of hydrogen-bond donors (Lipinski definition) is 5. The van der Waals surface area contributed by atoms with Crippen LogP contribution in [0.2, 0.25) is 5.02 Å². The molecule has 1 heterocycles. The van der Waals surface area contributed by atoms with E-state index in [9.17, 15) is 9.50 Å². The summed E-state index contributed by atoms with van der Waals surface area (Å²) in [6, 6.07) is 6.62. The number of aromatic nitrogens is 2. The average Bonchev–Trinajstić information content (AvgIpc) is 3.08. The van der Waals surface area contributed by atoms with Crippen molar-refractivity contribution in [2.24, 2.45) is 0 Å². The summed E-state index contributed by atoms with van der Waals surface area (Å²) < 4.78 is 15.8. The number of anilines is 2. The second kappa shape index (κ2) is 8.30. The van der Waals surface area contributed by atoms with Crippen LogP contribution < -0.4 is 10.8 Å². The van der Waals surface area contributed by atoms with Crippen molar-refractivity contribution in [1.29, 1.82) is 0 Å². The maximum atomic E-state index is 15.0. The molecule has 3 rings (SSSR count). The molecule has 0 aliphatic rings. The van der Waals surface area contributed by atoms with E-state index in [1.165, 1.54) is 6.33 Å². The van der Waals surface area contributed by atoms with Crippen LogP contribution >= 0.6 is 27.5 Å². The van der Waals surface area contributed by atoms with Gasteiger partial charge in [0.2, 0.25) is 0 Å². The van der Waals surface area contributed by atoms with Gasteiger partial charge >= 0.3 is 0 Å². The molecule has 0 saturated heterocycles. The van der Waals surface area contributed by atoms with Gasteiger partial charge < -0.3 is 20.5 Å². The average molecular weight is 446 g/mol. The molecule has 0 amide bonds. The van der Waals surface area contributed by atoms with E-state index < -0.39 is 12.0 Å². The predicted octanol–water partition coefficient (Wildman–Crippen LogP) is 3.37. The highest BCUT2D eigenvalue weighted by atomic mass is 79.9. The van der Waals surface area contributed by atoms with E-state index >= 15 is 0 Å². The lowest BCUT2D eigenvalue weighted by atomic mass is 10.1. The predicted molar refractivity (Wildman–Crippen MR) is 99.6 cm³/mol. The lowest BCUT2D eigenvalue weighted by Crippen LogP contribution is -2.24. The Hall–Kier alpha value is -1.75. The fourth-order valence-corrected chi connectivity index (χ4v) is 3.10. The third-order valence-electron chi connectivity index (χ3n) is 3.56. The molecule has 138 valence electrons. The van der Waals surface area contributed by atoms with E-state index in [0.29, 0.717) is 16.2 Å². The van der Waals surface area contributed by atoms with Gasteiger partial charge in [-0.05, 0) is 24.3 Å². The van der Waals surface area contributed by atoms with Crippen molar-refractivity contribution >= 4 is 49.9 Å². The van der Waals surface area contributed by atoms with Gasteiger partial charge in [0.1, 0.15) is 5.52 Å². The highest BCUT2D eigenvalue weighted by molar-refractivity contribution is 9.10. The van der Waals surface area contributed by atoms with E-state index in [2.05, 4.69) is 36.7 Å². The van der Waals surface area contributed by atoms with Crippen molar-refractivity contribution in [3.8, 4) is 0 Å². The van der Waals surface area contributed by atoms with Crippen molar-refractivity contribution in [1.82, 2.24) is 15.4 Å². The van der Waals surface area contributed by atoms with Gasteiger partial charge in [0, 0.05) is 10.0 Å². The number of benzene rings is 2. The molecule has 0 radical (unpaired) electrons. The standard InChI is InChI=1S/C16H15BrClFN4O3/c17-8-1-2-11(10(18)5-8)22-14-9(16(25)23-26-4-3-24)6-12-15(13(14)19)21-7-20-12/h1-2,5-7,16,22-25H,3-4H2,(H,20,21). The molecule has 10 heteroatoms. The van der Waals surface area contributed by atoms with Crippen LogP contribution in [0.4, 0.5) is 15.8 Å².